The summed E-state index contributed by atoms with van der Waals surface area (Å²) in [6, 6.07) is 8.15. The van der Waals surface area contributed by atoms with Gasteiger partial charge in [0.2, 0.25) is 0 Å². The maximum absolute atomic E-state index is 8.66. The molecule has 1 heterocycles. The van der Waals surface area contributed by atoms with Crippen molar-refractivity contribution in [1.82, 2.24) is 4.98 Å². The molecule has 0 amide bonds. The average Bonchev–Trinajstić information content (AvgIpc) is 2.51. The van der Waals surface area contributed by atoms with Crippen LogP contribution in [0.4, 0.5) is 0 Å². The highest BCUT2D eigenvalue weighted by molar-refractivity contribution is 5.59. The molecular weight excluding hydrogens is 230 g/mol. The third-order valence-corrected chi connectivity index (χ3v) is 3.80. The van der Waals surface area contributed by atoms with Gasteiger partial charge in [-0.25, -0.2) is 0 Å². The molecule has 0 radical (unpaired) electrons. The Bertz CT molecular complexity index is 673. The van der Waals surface area contributed by atoms with Crippen LogP contribution in [-0.2, 0) is 0 Å². The van der Waals surface area contributed by atoms with Gasteiger partial charge in [-0.3, -0.25) is 4.98 Å². The summed E-state index contributed by atoms with van der Waals surface area (Å²) < 4.78 is 25.3. The first-order valence-electron chi connectivity index (χ1n) is 8.55. The lowest BCUT2D eigenvalue weighted by Gasteiger charge is -2.21. The van der Waals surface area contributed by atoms with Gasteiger partial charge in [-0.2, -0.15) is 0 Å². The van der Waals surface area contributed by atoms with Crippen LogP contribution >= 0.6 is 0 Å². The molecule has 19 heavy (non-hydrogen) atoms. The number of hydrogen-bond donors (Lipinski definition) is 0. The number of rotatable bonds is 2. The number of nitrogens with zero attached hydrogens (tertiary/aromatic N) is 1. The highest BCUT2D eigenvalue weighted by atomic mass is 14.7. The minimum absolute atomic E-state index is 0.138. The third kappa shape index (κ3) is 2.86. The van der Waals surface area contributed by atoms with Crippen LogP contribution in [0.25, 0.3) is 11.3 Å². The van der Waals surface area contributed by atoms with Crippen molar-refractivity contribution in [2.75, 3.05) is 0 Å². The van der Waals surface area contributed by atoms with Gasteiger partial charge in [0.15, 0.2) is 0 Å². The lowest BCUT2D eigenvalue weighted by Crippen LogP contribution is -2.04. The molecule has 0 bridgehead atoms. The molecule has 0 N–H and O–H groups in total. The van der Waals surface area contributed by atoms with Gasteiger partial charge in [0.25, 0.3) is 0 Å². The zero-order valence-corrected chi connectivity index (χ0v) is 11.4. The van der Waals surface area contributed by atoms with E-state index in [1.54, 1.807) is 6.20 Å². The molecule has 1 nitrogen and oxygen atoms in total. The fourth-order valence-corrected chi connectivity index (χ4v) is 2.61. The Hall–Kier alpha value is -1.63. The Kier molecular flexibility index (Phi) is 2.72. The first kappa shape index (κ1) is 9.30. The van der Waals surface area contributed by atoms with Crippen LogP contribution in [-0.4, -0.2) is 4.98 Å². The second-order valence-electron chi connectivity index (χ2n) is 5.30. The van der Waals surface area contributed by atoms with Gasteiger partial charge < -0.3 is 0 Å². The largest absolute Gasteiger partial charge is 0.256 e. The average molecular weight is 254 g/mol. The van der Waals surface area contributed by atoms with Gasteiger partial charge in [-0.15, -0.1) is 0 Å². The number of aromatic nitrogens is 1. The van der Waals surface area contributed by atoms with Crippen molar-refractivity contribution in [3.05, 3.63) is 53.7 Å². The zero-order valence-electron chi connectivity index (χ0n) is 14.4. The second kappa shape index (κ2) is 5.56. The summed E-state index contributed by atoms with van der Waals surface area (Å²) in [5, 5.41) is 0. The van der Waals surface area contributed by atoms with E-state index < -0.39 is 5.89 Å². The third-order valence-electron chi connectivity index (χ3n) is 3.80. The molecule has 0 aliphatic heterocycles. The maximum Gasteiger partial charge on any atom is 0.0702 e. The predicted molar refractivity (Wildman–Crippen MR) is 80.2 cm³/mol. The van der Waals surface area contributed by atoms with E-state index in [2.05, 4.69) is 4.98 Å². The Labute approximate surface area is 119 Å². The van der Waals surface area contributed by atoms with Crippen LogP contribution in [0.2, 0.25) is 0 Å². The lowest BCUT2D eigenvalue weighted by molar-refractivity contribution is 0.443. The molecule has 1 aromatic heterocycles. The summed E-state index contributed by atoms with van der Waals surface area (Å²) in [6.07, 6.45) is 6.41. The molecule has 1 heteroatoms. The van der Waals surface area contributed by atoms with Crippen molar-refractivity contribution in [2.24, 2.45) is 0 Å². The molecule has 0 unspecified atom stereocenters. The Morgan fingerprint density at radius 1 is 1.11 bits per heavy atom. The van der Waals surface area contributed by atoms with E-state index >= 15 is 0 Å². The summed E-state index contributed by atoms with van der Waals surface area (Å²) in [6.45, 7) is 2.02. The molecule has 0 spiro atoms. The normalized spacial score (nSPS) is 20.4. The minimum atomic E-state index is -0.732. The van der Waals surface area contributed by atoms with Crippen LogP contribution in [0.15, 0.2) is 42.5 Å². The van der Waals surface area contributed by atoms with Crippen LogP contribution in [0.3, 0.4) is 0 Å². The molecule has 2 aromatic rings. The van der Waals surface area contributed by atoms with E-state index in [0.717, 1.165) is 43.2 Å². The van der Waals surface area contributed by atoms with E-state index in [0.29, 0.717) is 11.3 Å². The Morgan fingerprint density at radius 3 is 2.58 bits per heavy atom. The van der Waals surface area contributed by atoms with Gasteiger partial charge >= 0.3 is 0 Å². The Balaban J connectivity index is 2.03. The molecular formula is C18H21N. The smallest absolute Gasteiger partial charge is 0.0702 e. The van der Waals surface area contributed by atoms with Gasteiger partial charge in [0.05, 0.1) is 8.44 Å². The number of benzene rings is 1. The molecule has 0 atom stereocenters. The summed E-state index contributed by atoms with van der Waals surface area (Å²) in [4.78, 5) is 4.43. The Morgan fingerprint density at radius 2 is 1.84 bits per heavy atom. The number of pyridine rings is 1. The standard InChI is InChI=1S/C18H21N/c1-14-7-9-16(10-8-14)18-12-11-17(13-19-18)15-5-3-2-4-6-15/h7-13,15H,2-6H2,1H3/i11D,12D,15D. The molecule has 1 aromatic carbocycles. The van der Waals surface area contributed by atoms with Crippen molar-refractivity contribution in [1.29, 1.82) is 0 Å². The van der Waals surface area contributed by atoms with Crippen molar-refractivity contribution in [3.8, 4) is 11.3 Å². The monoisotopic (exact) mass is 254 g/mol. The summed E-state index contributed by atoms with van der Waals surface area (Å²) in [5.41, 5.74) is 3.17. The van der Waals surface area contributed by atoms with E-state index in [4.69, 9.17) is 4.11 Å². The van der Waals surface area contributed by atoms with E-state index in [-0.39, 0.29) is 12.1 Å². The fraction of sp³-hybridized carbons (Fsp3) is 0.389. The molecule has 1 aliphatic rings. The summed E-state index contributed by atoms with van der Waals surface area (Å²) in [7, 11) is 0. The van der Waals surface area contributed by atoms with Crippen LogP contribution < -0.4 is 0 Å². The first-order chi connectivity index (χ1) is 10.5. The first-order valence-corrected chi connectivity index (χ1v) is 7.05. The van der Waals surface area contributed by atoms with Crippen molar-refractivity contribution in [3.63, 3.8) is 0 Å². The van der Waals surface area contributed by atoms with Gasteiger partial charge in [-0.1, -0.05) is 55.1 Å². The minimum Gasteiger partial charge on any atom is -0.256 e. The summed E-state index contributed by atoms with van der Waals surface area (Å²) in [5.74, 6) is -0.732. The van der Waals surface area contributed by atoms with Crippen LogP contribution in [0.1, 0.15) is 53.2 Å². The molecule has 1 saturated carbocycles. The maximum atomic E-state index is 8.66. The highest BCUT2D eigenvalue weighted by Crippen LogP contribution is 2.32. The quantitative estimate of drug-likeness (QED) is 0.726. The molecule has 3 rings (SSSR count). The predicted octanol–water partition coefficient (Wildman–Crippen LogP) is 5.10. The van der Waals surface area contributed by atoms with E-state index in [1.165, 1.54) is 0 Å². The molecule has 0 saturated heterocycles. The van der Waals surface area contributed by atoms with Crippen molar-refractivity contribution < 1.29 is 4.11 Å². The van der Waals surface area contributed by atoms with Crippen molar-refractivity contribution in [2.45, 2.75) is 44.9 Å². The number of aryl methyl sites for hydroxylation is 1. The van der Waals surface area contributed by atoms with Gasteiger partial charge in [0, 0.05) is 13.1 Å². The second-order valence-corrected chi connectivity index (χ2v) is 5.30. The SMILES string of the molecule is [2H]c1c(C2([2H])CCCCC2)cnc(-c2ccc(C)cc2)c1[2H]. The molecule has 98 valence electrons. The highest BCUT2D eigenvalue weighted by Gasteiger charge is 2.15. The van der Waals surface area contributed by atoms with Crippen molar-refractivity contribution >= 4 is 0 Å². The van der Waals surface area contributed by atoms with E-state index in [9.17, 15) is 0 Å². The molecule has 1 aliphatic carbocycles. The van der Waals surface area contributed by atoms with Gasteiger partial charge in [-0.05, 0) is 37.3 Å². The molecule has 1 fully saturated rings. The van der Waals surface area contributed by atoms with Gasteiger partial charge in [0.1, 0.15) is 0 Å². The van der Waals surface area contributed by atoms with Crippen LogP contribution in [0.5, 0.6) is 0 Å². The zero-order chi connectivity index (χ0) is 15.7. The lowest BCUT2D eigenvalue weighted by atomic mass is 9.85. The fourth-order valence-electron chi connectivity index (χ4n) is 2.61. The van der Waals surface area contributed by atoms with Crippen LogP contribution in [0, 0.1) is 6.92 Å². The van der Waals surface area contributed by atoms with E-state index in [1.807, 2.05) is 31.2 Å². The summed E-state index contributed by atoms with van der Waals surface area (Å²) >= 11 is 0. The number of hydrogen-bond acceptors (Lipinski definition) is 1. The topological polar surface area (TPSA) is 12.9 Å².